The highest BCUT2D eigenvalue weighted by Gasteiger charge is 2.33. The van der Waals surface area contributed by atoms with Crippen LogP contribution in [0.15, 0.2) is 30.3 Å². The molecule has 126 valence electrons. The molecule has 0 bridgehead atoms. The Bertz CT molecular complexity index is 674. The van der Waals surface area contributed by atoms with Crippen molar-refractivity contribution in [2.24, 2.45) is 0 Å². The lowest BCUT2D eigenvalue weighted by Gasteiger charge is -2.26. The van der Waals surface area contributed by atoms with Gasteiger partial charge in [0.05, 0.1) is 12.3 Å². The number of rotatable bonds is 6. The maximum atomic E-state index is 12.3. The van der Waals surface area contributed by atoms with Gasteiger partial charge in [0.1, 0.15) is 6.04 Å². The van der Waals surface area contributed by atoms with Gasteiger partial charge in [-0.15, -0.1) is 0 Å². The first-order valence-corrected chi connectivity index (χ1v) is 8.92. The molecule has 0 aliphatic carbocycles. The van der Waals surface area contributed by atoms with Crippen molar-refractivity contribution in [3.63, 3.8) is 0 Å². The fourth-order valence-electron chi connectivity index (χ4n) is 2.53. The van der Waals surface area contributed by atoms with E-state index in [0.29, 0.717) is 13.0 Å². The summed E-state index contributed by atoms with van der Waals surface area (Å²) in [5, 5.41) is 9.39. The molecule has 1 aliphatic rings. The number of likely N-dealkylation sites (N-methyl/N-ethyl adjacent to an activating group) is 1. The molecule has 1 unspecified atom stereocenters. The number of carbonyl (C=O) groups is 2. The lowest BCUT2D eigenvalue weighted by atomic mass is 10.1. The highest BCUT2D eigenvalue weighted by molar-refractivity contribution is 7.89. The molecule has 8 heteroatoms. The van der Waals surface area contributed by atoms with Crippen LogP contribution < -0.4 is 0 Å². The molecule has 2 rings (SSSR count). The van der Waals surface area contributed by atoms with E-state index in [2.05, 4.69) is 0 Å². The summed E-state index contributed by atoms with van der Waals surface area (Å²) in [4.78, 5) is 24.9. The van der Waals surface area contributed by atoms with Crippen molar-refractivity contribution >= 4 is 21.9 Å². The number of carboxylic acids is 1. The molecule has 1 atom stereocenters. The Hall–Kier alpha value is -1.93. The Kier molecular flexibility index (Phi) is 5.38. The van der Waals surface area contributed by atoms with Crippen molar-refractivity contribution in [1.82, 2.24) is 9.21 Å². The molecule has 1 N–H and O–H groups in total. The molecule has 1 heterocycles. The zero-order valence-corrected chi connectivity index (χ0v) is 13.7. The first-order chi connectivity index (χ1) is 10.8. The van der Waals surface area contributed by atoms with Crippen LogP contribution in [0.3, 0.4) is 0 Å². The Morgan fingerprint density at radius 1 is 1.30 bits per heavy atom. The van der Waals surface area contributed by atoms with Crippen LogP contribution in [0.1, 0.15) is 12.0 Å². The second-order valence-corrected chi connectivity index (χ2v) is 7.64. The molecule has 7 nitrogen and oxygen atoms in total. The van der Waals surface area contributed by atoms with Gasteiger partial charge in [-0.05, 0) is 12.0 Å². The number of hydrogen-bond acceptors (Lipinski definition) is 4. The molecule has 1 saturated heterocycles. The quantitative estimate of drug-likeness (QED) is 0.797. The number of aliphatic carboxylic acids is 1. The van der Waals surface area contributed by atoms with Crippen molar-refractivity contribution in [3.8, 4) is 0 Å². The Balaban J connectivity index is 2.07. The van der Waals surface area contributed by atoms with Crippen molar-refractivity contribution in [3.05, 3.63) is 35.9 Å². The van der Waals surface area contributed by atoms with E-state index in [1.54, 1.807) is 24.3 Å². The van der Waals surface area contributed by atoms with E-state index >= 15 is 0 Å². The number of nitrogens with zero attached hydrogens (tertiary/aromatic N) is 2. The summed E-state index contributed by atoms with van der Waals surface area (Å²) in [7, 11) is -1.99. The lowest BCUT2D eigenvalue weighted by Crippen LogP contribution is -2.48. The number of benzene rings is 1. The monoisotopic (exact) mass is 340 g/mol. The number of carbonyl (C=O) groups excluding carboxylic acids is 1. The minimum atomic E-state index is -3.38. The second kappa shape index (κ2) is 7.10. The minimum Gasteiger partial charge on any atom is -0.480 e. The number of hydrogen-bond donors (Lipinski definition) is 1. The van der Waals surface area contributed by atoms with Crippen LogP contribution in [0.4, 0.5) is 0 Å². The van der Waals surface area contributed by atoms with Crippen molar-refractivity contribution in [1.29, 1.82) is 0 Å². The fraction of sp³-hybridized carbons (Fsp3) is 0.467. The molecule has 1 aromatic carbocycles. The first kappa shape index (κ1) is 17.4. The topological polar surface area (TPSA) is 95.0 Å². The van der Waals surface area contributed by atoms with Crippen LogP contribution in [-0.2, 0) is 26.0 Å². The highest BCUT2D eigenvalue weighted by atomic mass is 32.2. The van der Waals surface area contributed by atoms with Gasteiger partial charge >= 0.3 is 5.97 Å². The summed E-state index contributed by atoms with van der Waals surface area (Å²) < 4.78 is 24.6. The maximum absolute atomic E-state index is 12.3. The van der Waals surface area contributed by atoms with Crippen LogP contribution in [0, 0.1) is 0 Å². The van der Waals surface area contributed by atoms with Crippen LogP contribution >= 0.6 is 0 Å². The standard InChI is InChI=1S/C15H20N2O5S/c1-16(14(18)11-17-8-5-9-23(17,21)22)13(15(19)20)10-12-6-3-2-4-7-12/h2-4,6-7,13H,5,8-11H2,1H3,(H,19,20). The normalized spacial score (nSPS) is 18.5. The number of sulfonamides is 1. The summed E-state index contributed by atoms with van der Waals surface area (Å²) in [5.41, 5.74) is 0.799. The predicted molar refractivity (Wildman–Crippen MR) is 84.3 cm³/mol. The van der Waals surface area contributed by atoms with Gasteiger partial charge in [-0.1, -0.05) is 30.3 Å². The Morgan fingerprint density at radius 3 is 2.48 bits per heavy atom. The molecule has 0 saturated carbocycles. The van der Waals surface area contributed by atoms with E-state index in [0.717, 1.165) is 14.8 Å². The van der Waals surface area contributed by atoms with E-state index in [9.17, 15) is 23.1 Å². The van der Waals surface area contributed by atoms with Gasteiger partial charge in [0.25, 0.3) is 0 Å². The summed E-state index contributed by atoms with van der Waals surface area (Å²) in [6.07, 6.45) is 0.664. The van der Waals surface area contributed by atoms with E-state index in [-0.39, 0.29) is 18.7 Å². The third-order valence-corrected chi connectivity index (χ3v) is 5.84. The first-order valence-electron chi connectivity index (χ1n) is 7.31. The van der Waals surface area contributed by atoms with Crippen LogP contribution in [-0.4, -0.2) is 66.5 Å². The smallest absolute Gasteiger partial charge is 0.326 e. The molecular weight excluding hydrogens is 320 g/mol. The average molecular weight is 340 g/mol. The molecule has 0 aromatic heterocycles. The van der Waals surface area contributed by atoms with E-state index in [1.807, 2.05) is 6.07 Å². The number of amides is 1. The second-order valence-electron chi connectivity index (χ2n) is 5.55. The zero-order valence-electron chi connectivity index (χ0n) is 12.9. The fourth-order valence-corrected chi connectivity index (χ4v) is 4.00. The van der Waals surface area contributed by atoms with Gasteiger partial charge in [-0.2, -0.15) is 4.31 Å². The molecule has 0 radical (unpaired) electrons. The molecule has 1 amide bonds. The van der Waals surface area contributed by atoms with Gasteiger partial charge in [-0.25, -0.2) is 13.2 Å². The van der Waals surface area contributed by atoms with E-state index in [4.69, 9.17) is 0 Å². The molecule has 23 heavy (non-hydrogen) atoms. The van der Waals surface area contributed by atoms with Crippen molar-refractivity contribution < 1.29 is 23.1 Å². The van der Waals surface area contributed by atoms with Crippen LogP contribution in [0.5, 0.6) is 0 Å². The molecule has 1 aliphatic heterocycles. The van der Waals surface area contributed by atoms with Gasteiger partial charge in [0.2, 0.25) is 15.9 Å². The number of carboxylic acid groups (broad SMARTS) is 1. The SMILES string of the molecule is CN(C(=O)CN1CCCS1(=O)=O)C(Cc1ccccc1)C(=O)O. The predicted octanol–water partition coefficient (Wildman–Crippen LogP) is 0.176. The molecule has 1 aromatic rings. The largest absolute Gasteiger partial charge is 0.480 e. The molecule has 0 spiro atoms. The van der Waals surface area contributed by atoms with Gasteiger partial charge in [-0.3, -0.25) is 4.79 Å². The van der Waals surface area contributed by atoms with Gasteiger partial charge in [0.15, 0.2) is 0 Å². The van der Waals surface area contributed by atoms with E-state index in [1.165, 1.54) is 7.05 Å². The minimum absolute atomic E-state index is 0.0381. The van der Waals surface area contributed by atoms with Crippen LogP contribution in [0.25, 0.3) is 0 Å². The Labute approximate surface area is 135 Å². The third kappa shape index (κ3) is 4.29. The molecular formula is C15H20N2O5S. The van der Waals surface area contributed by atoms with Gasteiger partial charge < -0.3 is 10.0 Å². The lowest BCUT2D eigenvalue weighted by molar-refractivity contribution is -0.149. The van der Waals surface area contributed by atoms with Crippen molar-refractivity contribution in [2.45, 2.75) is 18.9 Å². The highest BCUT2D eigenvalue weighted by Crippen LogP contribution is 2.14. The Morgan fingerprint density at radius 2 is 1.96 bits per heavy atom. The summed E-state index contributed by atoms with van der Waals surface area (Å²) in [6, 6.07) is 7.97. The maximum Gasteiger partial charge on any atom is 0.326 e. The van der Waals surface area contributed by atoms with Crippen LogP contribution in [0.2, 0.25) is 0 Å². The van der Waals surface area contributed by atoms with Crippen molar-refractivity contribution in [2.75, 3.05) is 25.9 Å². The molecule has 1 fully saturated rings. The summed E-state index contributed by atoms with van der Waals surface area (Å²) in [6.45, 7) is -0.00423. The zero-order chi connectivity index (χ0) is 17.0. The average Bonchev–Trinajstić information content (AvgIpc) is 2.83. The van der Waals surface area contributed by atoms with Gasteiger partial charge in [0, 0.05) is 20.0 Å². The third-order valence-electron chi connectivity index (χ3n) is 3.93. The summed E-state index contributed by atoms with van der Waals surface area (Å²) in [5.74, 6) is -1.59. The van der Waals surface area contributed by atoms with E-state index < -0.39 is 27.9 Å². The summed E-state index contributed by atoms with van der Waals surface area (Å²) >= 11 is 0.